The standard InChI is InChI=1S/C12H17FO7/c1-5-9(18-6(2)14)10(19-7(3)15)11(12(13)17-5)20-8(4)16/h5,9-12H,1-4H3/t5-,9+,10+,11-,12-/m0/s1. The van der Waals surface area contributed by atoms with Crippen LogP contribution in [0.5, 0.6) is 0 Å². The summed E-state index contributed by atoms with van der Waals surface area (Å²) < 4.78 is 33.4. The molecule has 20 heavy (non-hydrogen) atoms. The van der Waals surface area contributed by atoms with Gasteiger partial charge >= 0.3 is 17.9 Å². The summed E-state index contributed by atoms with van der Waals surface area (Å²) >= 11 is 0. The zero-order valence-electron chi connectivity index (χ0n) is 11.6. The van der Waals surface area contributed by atoms with Crippen molar-refractivity contribution < 1.29 is 37.7 Å². The van der Waals surface area contributed by atoms with Crippen LogP contribution in [0.15, 0.2) is 0 Å². The molecular weight excluding hydrogens is 275 g/mol. The Morgan fingerprint density at radius 3 is 1.70 bits per heavy atom. The van der Waals surface area contributed by atoms with Crippen LogP contribution in [0, 0.1) is 0 Å². The average molecular weight is 292 g/mol. The van der Waals surface area contributed by atoms with Gasteiger partial charge in [0.2, 0.25) is 6.36 Å². The van der Waals surface area contributed by atoms with Crippen molar-refractivity contribution in [1.29, 1.82) is 0 Å². The summed E-state index contributed by atoms with van der Waals surface area (Å²) in [5, 5.41) is 0. The van der Waals surface area contributed by atoms with Gasteiger partial charge in [0.25, 0.3) is 0 Å². The highest BCUT2D eigenvalue weighted by Gasteiger charge is 2.50. The van der Waals surface area contributed by atoms with E-state index in [0.717, 1.165) is 20.8 Å². The summed E-state index contributed by atoms with van der Waals surface area (Å²) in [6.45, 7) is 4.81. The number of carbonyl (C=O) groups is 3. The van der Waals surface area contributed by atoms with Gasteiger partial charge in [0, 0.05) is 20.8 Å². The predicted molar refractivity (Wildman–Crippen MR) is 62.1 cm³/mol. The van der Waals surface area contributed by atoms with Crippen molar-refractivity contribution in [2.24, 2.45) is 0 Å². The Balaban J connectivity index is 3.01. The van der Waals surface area contributed by atoms with E-state index in [1.165, 1.54) is 6.92 Å². The second-order valence-corrected chi connectivity index (χ2v) is 4.41. The van der Waals surface area contributed by atoms with Crippen molar-refractivity contribution in [3.63, 3.8) is 0 Å². The first-order valence-electron chi connectivity index (χ1n) is 6.03. The van der Waals surface area contributed by atoms with Gasteiger partial charge in [-0.05, 0) is 6.92 Å². The molecule has 114 valence electrons. The molecule has 0 N–H and O–H groups in total. The SMILES string of the molecule is CC(=O)O[C@@H]1[C@H](OC(C)=O)[C@H](C)O[C@H](F)[C@H]1OC(C)=O. The van der Waals surface area contributed by atoms with Crippen LogP contribution < -0.4 is 0 Å². The Morgan fingerprint density at radius 1 is 0.850 bits per heavy atom. The molecule has 0 saturated carbocycles. The largest absolute Gasteiger partial charge is 0.456 e. The molecular formula is C12H17FO7. The van der Waals surface area contributed by atoms with Crippen LogP contribution in [-0.2, 0) is 33.3 Å². The number of esters is 3. The number of carbonyl (C=O) groups excluding carboxylic acids is 3. The summed E-state index contributed by atoms with van der Waals surface area (Å²) in [6.07, 6.45) is -6.65. The highest BCUT2D eigenvalue weighted by molar-refractivity contribution is 5.68. The van der Waals surface area contributed by atoms with Gasteiger partial charge in [-0.2, -0.15) is 0 Å². The van der Waals surface area contributed by atoms with E-state index in [1.807, 2.05) is 0 Å². The minimum absolute atomic E-state index is 0.651. The van der Waals surface area contributed by atoms with E-state index in [0.29, 0.717) is 0 Å². The van der Waals surface area contributed by atoms with Crippen LogP contribution in [0.3, 0.4) is 0 Å². The molecule has 1 aliphatic rings. The number of hydrogen-bond donors (Lipinski definition) is 0. The zero-order valence-corrected chi connectivity index (χ0v) is 11.6. The third kappa shape index (κ3) is 4.16. The Morgan fingerprint density at radius 2 is 1.25 bits per heavy atom. The topological polar surface area (TPSA) is 88.1 Å². The van der Waals surface area contributed by atoms with Gasteiger partial charge in [-0.1, -0.05) is 0 Å². The summed E-state index contributed by atoms with van der Waals surface area (Å²) in [7, 11) is 0. The molecule has 1 rings (SSSR count). The maximum absolute atomic E-state index is 13.8. The normalized spacial score (nSPS) is 33.1. The molecule has 0 amide bonds. The molecule has 1 fully saturated rings. The fourth-order valence-corrected chi connectivity index (χ4v) is 1.96. The molecule has 8 heteroatoms. The van der Waals surface area contributed by atoms with Crippen molar-refractivity contribution in [2.75, 3.05) is 0 Å². The average Bonchev–Trinajstić information content (AvgIpc) is 2.27. The third-order valence-electron chi connectivity index (χ3n) is 2.62. The second-order valence-electron chi connectivity index (χ2n) is 4.41. The molecule has 1 heterocycles. The fourth-order valence-electron chi connectivity index (χ4n) is 1.96. The molecule has 0 aliphatic carbocycles. The summed E-state index contributed by atoms with van der Waals surface area (Å²) in [5.41, 5.74) is 0. The van der Waals surface area contributed by atoms with E-state index in [4.69, 9.17) is 18.9 Å². The van der Waals surface area contributed by atoms with Gasteiger partial charge in [0.1, 0.15) is 0 Å². The number of rotatable bonds is 3. The van der Waals surface area contributed by atoms with Gasteiger partial charge in [-0.25, -0.2) is 4.39 Å². The minimum atomic E-state index is -1.98. The lowest BCUT2D eigenvalue weighted by atomic mass is 9.99. The first-order chi connectivity index (χ1) is 9.22. The molecule has 1 aliphatic heterocycles. The Kier molecular flexibility index (Phi) is 5.43. The quantitative estimate of drug-likeness (QED) is 0.552. The van der Waals surface area contributed by atoms with E-state index in [-0.39, 0.29) is 0 Å². The second kappa shape index (κ2) is 6.65. The first kappa shape index (κ1) is 16.4. The van der Waals surface area contributed by atoms with Crippen LogP contribution in [0.25, 0.3) is 0 Å². The lowest BCUT2D eigenvalue weighted by Gasteiger charge is -2.40. The Labute approximate surface area is 115 Å². The molecule has 0 aromatic heterocycles. The van der Waals surface area contributed by atoms with E-state index >= 15 is 0 Å². The van der Waals surface area contributed by atoms with E-state index < -0.39 is 48.7 Å². The summed E-state index contributed by atoms with van der Waals surface area (Å²) in [4.78, 5) is 33.2. The maximum Gasteiger partial charge on any atom is 0.303 e. The van der Waals surface area contributed by atoms with Crippen molar-refractivity contribution in [1.82, 2.24) is 0 Å². The molecule has 0 bridgehead atoms. The molecule has 0 spiro atoms. The predicted octanol–water partition coefficient (Wildman–Crippen LogP) is 0.496. The van der Waals surface area contributed by atoms with Crippen LogP contribution >= 0.6 is 0 Å². The van der Waals surface area contributed by atoms with E-state index in [9.17, 15) is 18.8 Å². The fraction of sp³-hybridized carbons (Fsp3) is 0.750. The summed E-state index contributed by atoms with van der Waals surface area (Å²) in [5.74, 6) is -2.14. The van der Waals surface area contributed by atoms with Gasteiger partial charge in [0.05, 0.1) is 6.10 Å². The maximum atomic E-state index is 13.8. The highest BCUT2D eigenvalue weighted by atomic mass is 19.1. The number of halogens is 1. The van der Waals surface area contributed by atoms with Crippen molar-refractivity contribution in [2.45, 2.75) is 58.5 Å². The van der Waals surface area contributed by atoms with Crippen molar-refractivity contribution in [3.8, 4) is 0 Å². The molecule has 0 radical (unpaired) electrons. The van der Waals surface area contributed by atoms with Crippen molar-refractivity contribution in [3.05, 3.63) is 0 Å². The van der Waals surface area contributed by atoms with Gasteiger partial charge < -0.3 is 18.9 Å². The van der Waals surface area contributed by atoms with Crippen molar-refractivity contribution >= 4 is 17.9 Å². The van der Waals surface area contributed by atoms with E-state index in [1.54, 1.807) is 0 Å². The lowest BCUT2D eigenvalue weighted by Crippen LogP contribution is -2.59. The molecule has 0 aromatic rings. The molecule has 1 saturated heterocycles. The number of ether oxygens (including phenoxy) is 4. The monoisotopic (exact) mass is 292 g/mol. The van der Waals surface area contributed by atoms with Crippen LogP contribution in [0.2, 0.25) is 0 Å². The smallest absolute Gasteiger partial charge is 0.303 e. The first-order valence-corrected chi connectivity index (χ1v) is 6.03. The Bertz CT molecular complexity index is 369. The van der Waals surface area contributed by atoms with Crippen LogP contribution in [-0.4, -0.2) is 48.7 Å². The Hall–Kier alpha value is -1.70. The van der Waals surface area contributed by atoms with Crippen LogP contribution in [0.1, 0.15) is 27.7 Å². The molecule has 7 nitrogen and oxygen atoms in total. The molecule has 5 atom stereocenters. The van der Waals surface area contributed by atoms with Gasteiger partial charge in [-0.15, -0.1) is 0 Å². The highest BCUT2D eigenvalue weighted by Crippen LogP contribution is 2.29. The number of hydrogen-bond acceptors (Lipinski definition) is 7. The zero-order chi connectivity index (χ0) is 15.4. The minimum Gasteiger partial charge on any atom is -0.456 e. The lowest BCUT2D eigenvalue weighted by molar-refractivity contribution is -0.268. The van der Waals surface area contributed by atoms with Crippen LogP contribution in [0.4, 0.5) is 4.39 Å². The van der Waals surface area contributed by atoms with Gasteiger partial charge in [-0.3, -0.25) is 14.4 Å². The molecule has 0 aromatic carbocycles. The third-order valence-corrected chi connectivity index (χ3v) is 2.62. The van der Waals surface area contributed by atoms with Gasteiger partial charge in [0.15, 0.2) is 18.3 Å². The number of alkyl halides is 1. The summed E-state index contributed by atoms with van der Waals surface area (Å²) in [6, 6.07) is 0. The van der Waals surface area contributed by atoms with E-state index in [2.05, 4.69) is 0 Å². The molecule has 0 unspecified atom stereocenters.